The maximum Gasteiger partial charge on any atom is 0.348 e. The Bertz CT molecular complexity index is 645. The van der Waals surface area contributed by atoms with Crippen LogP contribution < -0.4 is 5.32 Å². The Kier molecular flexibility index (Phi) is 6.16. The number of fused-ring (bicyclic) bond motifs is 1. The van der Waals surface area contributed by atoms with Crippen molar-refractivity contribution in [3.63, 3.8) is 0 Å². The van der Waals surface area contributed by atoms with Crippen LogP contribution in [0.4, 0.5) is 0 Å². The SMILES string of the molecule is CC(C)CC[C@@H](C)NC(=O)COC(=O)c1cc2ccccc2s1. The summed E-state index contributed by atoms with van der Waals surface area (Å²) in [5, 5.41) is 3.87. The highest BCUT2D eigenvalue weighted by molar-refractivity contribution is 7.20. The topological polar surface area (TPSA) is 55.4 Å². The van der Waals surface area contributed by atoms with Crippen LogP contribution in [0, 0.1) is 5.92 Å². The van der Waals surface area contributed by atoms with Crippen LogP contribution in [0.25, 0.3) is 10.1 Å². The van der Waals surface area contributed by atoms with Crippen LogP contribution >= 0.6 is 11.3 Å². The molecule has 2 aromatic rings. The zero-order valence-corrected chi connectivity index (χ0v) is 14.6. The molecule has 0 radical (unpaired) electrons. The van der Waals surface area contributed by atoms with E-state index in [1.54, 1.807) is 6.07 Å². The molecule has 1 amide bonds. The van der Waals surface area contributed by atoms with Crippen molar-refractivity contribution in [3.05, 3.63) is 35.2 Å². The van der Waals surface area contributed by atoms with Gasteiger partial charge < -0.3 is 10.1 Å². The van der Waals surface area contributed by atoms with Gasteiger partial charge in [0, 0.05) is 10.7 Å². The Morgan fingerprint density at radius 3 is 2.61 bits per heavy atom. The first-order chi connectivity index (χ1) is 11.0. The fourth-order valence-electron chi connectivity index (χ4n) is 2.26. The third kappa shape index (κ3) is 5.36. The number of rotatable bonds is 7. The van der Waals surface area contributed by atoms with Crippen LogP contribution in [0.15, 0.2) is 30.3 Å². The van der Waals surface area contributed by atoms with Gasteiger partial charge in [-0.25, -0.2) is 4.79 Å². The predicted octanol–water partition coefficient (Wildman–Crippen LogP) is 4.00. The van der Waals surface area contributed by atoms with E-state index in [0.29, 0.717) is 10.8 Å². The third-order valence-corrected chi connectivity index (χ3v) is 4.64. The molecular formula is C18H23NO3S. The lowest BCUT2D eigenvalue weighted by Crippen LogP contribution is -2.36. The molecule has 23 heavy (non-hydrogen) atoms. The molecule has 1 N–H and O–H groups in total. The Hall–Kier alpha value is -1.88. The highest BCUT2D eigenvalue weighted by Gasteiger charge is 2.14. The number of esters is 1. The van der Waals surface area contributed by atoms with Gasteiger partial charge >= 0.3 is 5.97 Å². The van der Waals surface area contributed by atoms with Gasteiger partial charge in [0.1, 0.15) is 4.88 Å². The van der Waals surface area contributed by atoms with E-state index in [1.807, 2.05) is 31.2 Å². The van der Waals surface area contributed by atoms with Gasteiger partial charge in [-0.1, -0.05) is 32.0 Å². The minimum Gasteiger partial charge on any atom is -0.451 e. The molecule has 0 saturated heterocycles. The fraction of sp³-hybridized carbons (Fsp3) is 0.444. The van der Waals surface area contributed by atoms with Crippen LogP contribution in [0.3, 0.4) is 0 Å². The summed E-state index contributed by atoms with van der Waals surface area (Å²) in [6, 6.07) is 9.65. The van der Waals surface area contributed by atoms with E-state index in [2.05, 4.69) is 19.2 Å². The number of carbonyl (C=O) groups excluding carboxylic acids is 2. The van der Waals surface area contributed by atoms with Crippen molar-refractivity contribution in [2.75, 3.05) is 6.61 Å². The van der Waals surface area contributed by atoms with Crippen LogP contribution in [0.5, 0.6) is 0 Å². The van der Waals surface area contributed by atoms with Crippen LogP contribution in [0.2, 0.25) is 0 Å². The molecule has 0 fully saturated rings. The maximum absolute atomic E-state index is 12.0. The summed E-state index contributed by atoms with van der Waals surface area (Å²) in [7, 11) is 0. The normalized spacial score (nSPS) is 12.3. The standard InChI is InChI=1S/C18H23NO3S/c1-12(2)8-9-13(3)19-17(20)11-22-18(21)16-10-14-6-4-5-7-15(14)23-16/h4-7,10,12-13H,8-9,11H2,1-3H3,(H,19,20)/t13-/m1/s1. The zero-order valence-electron chi connectivity index (χ0n) is 13.8. The summed E-state index contributed by atoms with van der Waals surface area (Å²) < 4.78 is 6.14. The summed E-state index contributed by atoms with van der Waals surface area (Å²) in [4.78, 5) is 24.4. The van der Waals surface area contributed by atoms with Crippen molar-refractivity contribution >= 4 is 33.3 Å². The number of nitrogens with one attached hydrogen (secondary N) is 1. The van der Waals surface area contributed by atoms with Crippen molar-refractivity contribution < 1.29 is 14.3 Å². The molecule has 0 unspecified atom stereocenters. The van der Waals surface area contributed by atoms with Crippen LogP contribution in [-0.4, -0.2) is 24.5 Å². The number of amides is 1. The average Bonchev–Trinajstić information content (AvgIpc) is 2.94. The first-order valence-corrected chi connectivity index (χ1v) is 8.72. The van der Waals surface area contributed by atoms with Crippen LogP contribution in [0.1, 0.15) is 43.3 Å². The Balaban J connectivity index is 1.80. The number of thiophene rings is 1. The molecular weight excluding hydrogens is 310 g/mol. The van der Waals surface area contributed by atoms with Crippen LogP contribution in [-0.2, 0) is 9.53 Å². The second-order valence-corrected chi connectivity index (χ2v) is 7.25. The number of benzene rings is 1. The highest BCUT2D eigenvalue weighted by atomic mass is 32.1. The Morgan fingerprint density at radius 2 is 1.91 bits per heavy atom. The summed E-state index contributed by atoms with van der Waals surface area (Å²) in [5.41, 5.74) is 0. The minimum absolute atomic E-state index is 0.0907. The second kappa shape index (κ2) is 8.11. The molecule has 1 heterocycles. The molecule has 124 valence electrons. The second-order valence-electron chi connectivity index (χ2n) is 6.16. The average molecular weight is 333 g/mol. The third-order valence-electron chi connectivity index (χ3n) is 3.55. The van der Waals surface area contributed by atoms with Gasteiger partial charge in [0.05, 0.1) is 0 Å². The molecule has 0 bridgehead atoms. The molecule has 0 aliphatic heterocycles. The minimum atomic E-state index is -0.448. The van der Waals surface area contributed by atoms with Gasteiger partial charge in [-0.05, 0) is 43.2 Å². The van der Waals surface area contributed by atoms with E-state index in [0.717, 1.165) is 22.9 Å². The van der Waals surface area contributed by atoms with Gasteiger partial charge in [0.15, 0.2) is 6.61 Å². The molecule has 2 rings (SSSR count). The predicted molar refractivity (Wildman–Crippen MR) is 93.8 cm³/mol. The van der Waals surface area contributed by atoms with E-state index in [9.17, 15) is 9.59 Å². The van der Waals surface area contributed by atoms with Crippen molar-refractivity contribution in [2.24, 2.45) is 5.92 Å². The van der Waals surface area contributed by atoms with Crippen molar-refractivity contribution in [2.45, 2.75) is 39.7 Å². The molecule has 0 aliphatic carbocycles. The summed E-state index contributed by atoms with van der Waals surface area (Å²) in [6.45, 7) is 6.04. The maximum atomic E-state index is 12.0. The smallest absolute Gasteiger partial charge is 0.348 e. The van der Waals surface area contributed by atoms with Crippen molar-refractivity contribution in [1.29, 1.82) is 0 Å². The van der Waals surface area contributed by atoms with E-state index in [-0.39, 0.29) is 18.6 Å². The monoisotopic (exact) mass is 333 g/mol. The van der Waals surface area contributed by atoms with Gasteiger partial charge in [-0.15, -0.1) is 11.3 Å². The van der Waals surface area contributed by atoms with E-state index in [4.69, 9.17) is 4.74 Å². The number of carbonyl (C=O) groups is 2. The van der Waals surface area contributed by atoms with Crippen molar-refractivity contribution in [3.8, 4) is 0 Å². The molecule has 1 atom stereocenters. The van der Waals surface area contributed by atoms with E-state index >= 15 is 0 Å². The largest absolute Gasteiger partial charge is 0.451 e. The zero-order chi connectivity index (χ0) is 16.8. The Labute approximate surface area is 140 Å². The summed E-state index contributed by atoms with van der Waals surface area (Å²) in [6.07, 6.45) is 1.98. The molecule has 0 aliphatic rings. The van der Waals surface area contributed by atoms with Gasteiger partial charge in [0.25, 0.3) is 5.91 Å². The molecule has 0 saturated carbocycles. The first kappa shape index (κ1) is 17.5. The van der Waals surface area contributed by atoms with E-state index in [1.165, 1.54) is 11.3 Å². The lowest BCUT2D eigenvalue weighted by atomic mass is 10.0. The lowest BCUT2D eigenvalue weighted by Gasteiger charge is -2.14. The summed E-state index contributed by atoms with van der Waals surface area (Å²) in [5.74, 6) is -0.0907. The van der Waals surface area contributed by atoms with Crippen molar-refractivity contribution in [1.82, 2.24) is 5.32 Å². The number of hydrogen-bond acceptors (Lipinski definition) is 4. The van der Waals surface area contributed by atoms with E-state index < -0.39 is 5.97 Å². The van der Waals surface area contributed by atoms with Gasteiger partial charge in [-0.2, -0.15) is 0 Å². The molecule has 0 spiro atoms. The highest BCUT2D eigenvalue weighted by Crippen LogP contribution is 2.25. The fourth-order valence-corrected chi connectivity index (χ4v) is 3.21. The quantitative estimate of drug-likeness (QED) is 0.779. The molecule has 5 heteroatoms. The lowest BCUT2D eigenvalue weighted by molar-refractivity contribution is -0.124. The molecule has 1 aromatic heterocycles. The molecule has 1 aromatic carbocycles. The van der Waals surface area contributed by atoms with Gasteiger partial charge in [0.2, 0.25) is 0 Å². The number of hydrogen-bond donors (Lipinski definition) is 1. The summed E-state index contributed by atoms with van der Waals surface area (Å²) >= 11 is 1.38. The first-order valence-electron chi connectivity index (χ1n) is 7.90. The Morgan fingerprint density at radius 1 is 1.17 bits per heavy atom. The molecule has 4 nitrogen and oxygen atoms in total. The van der Waals surface area contributed by atoms with Gasteiger partial charge in [-0.3, -0.25) is 4.79 Å². The number of ether oxygens (including phenoxy) is 1.